The molecule has 1 heterocycles. The van der Waals surface area contributed by atoms with Crippen molar-refractivity contribution in [2.75, 3.05) is 32.1 Å². The van der Waals surface area contributed by atoms with Crippen molar-refractivity contribution in [1.82, 2.24) is 9.88 Å². The van der Waals surface area contributed by atoms with E-state index in [1.54, 1.807) is 18.2 Å². The highest BCUT2D eigenvalue weighted by atomic mass is 16.5. The summed E-state index contributed by atoms with van der Waals surface area (Å²) in [6, 6.07) is 2.03. The van der Waals surface area contributed by atoms with Crippen molar-refractivity contribution in [2.24, 2.45) is 0 Å². The lowest BCUT2D eigenvalue weighted by Crippen LogP contribution is -2.39. The fourth-order valence-corrected chi connectivity index (χ4v) is 2.01. The summed E-state index contributed by atoms with van der Waals surface area (Å²) in [6.45, 7) is 9.80. The van der Waals surface area contributed by atoms with E-state index in [-0.39, 0.29) is 11.9 Å². The topological polar surface area (TPSA) is 54.5 Å². The molecule has 0 aliphatic carbocycles. The number of anilines is 1. The van der Waals surface area contributed by atoms with Gasteiger partial charge in [-0.05, 0) is 33.8 Å². The van der Waals surface area contributed by atoms with Gasteiger partial charge < -0.3 is 15.0 Å². The monoisotopic (exact) mass is 279 g/mol. The molecule has 5 nitrogen and oxygen atoms in total. The highest BCUT2D eigenvalue weighted by Gasteiger charge is 2.21. The quantitative estimate of drug-likeness (QED) is 0.832. The van der Waals surface area contributed by atoms with Gasteiger partial charge in [0, 0.05) is 38.1 Å². The van der Waals surface area contributed by atoms with E-state index in [1.807, 2.05) is 33.8 Å². The first-order chi connectivity index (χ1) is 9.51. The summed E-state index contributed by atoms with van der Waals surface area (Å²) in [5.74, 6) is -0.0134. The fraction of sp³-hybridized carbons (Fsp3) is 0.600. The van der Waals surface area contributed by atoms with Crippen LogP contribution in [0.3, 0.4) is 0 Å². The number of aryl methyl sites for hydroxylation is 1. The minimum atomic E-state index is -0.0134. The Morgan fingerprint density at radius 1 is 1.50 bits per heavy atom. The van der Waals surface area contributed by atoms with E-state index in [1.165, 1.54) is 0 Å². The molecule has 5 heteroatoms. The van der Waals surface area contributed by atoms with Crippen molar-refractivity contribution >= 4 is 11.6 Å². The van der Waals surface area contributed by atoms with E-state index in [4.69, 9.17) is 4.74 Å². The molecular weight excluding hydrogens is 254 g/mol. The van der Waals surface area contributed by atoms with Crippen molar-refractivity contribution in [3.8, 4) is 0 Å². The number of carbonyl (C=O) groups excluding carboxylic acids is 1. The van der Waals surface area contributed by atoms with Crippen molar-refractivity contribution in [2.45, 2.75) is 33.7 Å². The van der Waals surface area contributed by atoms with Crippen LogP contribution in [0.4, 0.5) is 5.69 Å². The van der Waals surface area contributed by atoms with Gasteiger partial charge in [0.25, 0.3) is 5.91 Å². The zero-order chi connectivity index (χ0) is 15.1. The molecule has 1 aromatic rings. The van der Waals surface area contributed by atoms with Crippen LogP contribution >= 0.6 is 0 Å². The van der Waals surface area contributed by atoms with Crippen LogP contribution in [-0.4, -0.2) is 48.6 Å². The van der Waals surface area contributed by atoms with E-state index in [9.17, 15) is 4.79 Å². The first-order valence-corrected chi connectivity index (χ1v) is 7.01. The van der Waals surface area contributed by atoms with Gasteiger partial charge >= 0.3 is 0 Å². The van der Waals surface area contributed by atoms with Crippen LogP contribution in [0, 0.1) is 6.92 Å². The number of rotatable bonds is 7. The molecule has 0 aromatic carbocycles. The molecule has 0 atom stereocenters. The zero-order valence-corrected chi connectivity index (χ0v) is 13.1. The van der Waals surface area contributed by atoms with Crippen LogP contribution in [0.15, 0.2) is 12.3 Å². The third-order valence-electron chi connectivity index (χ3n) is 3.06. The highest BCUT2D eigenvalue weighted by molar-refractivity contribution is 5.99. The number of ether oxygens (including phenoxy) is 1. The van der Waals surface area contributed by atoms with Crippen LogP contribution < -0.4 is 5.32 Å². The first kappa shape index (κ1) is 16.4. The summed E-state index contributed by atoms with van der Waals surface area (Å²) in [7, 11) is 1.64. The smallest absolute Gasteiger partial charge is 0.257 e. The molecule has 0 unspecified atom stereocenters. The maximum absolute atomic E-state index is 12.7. The van der Waals surface area contributed by atoms with E-state index in [0.717, 1.165) is 17.9 Å². The third kappa shape index (κ3) is 4.20. The average Bonchev–Trinajstić information content (AvgIpc) is 2.39. The summed E-state index contributed by atoms with van der Waals surface area (Å²) in [4.78, 5) is 18.7. The van der Waals surface area contributed by atoms with Crippen molar-refractivity contribution in [3.63, 3.8) is 0 Å². The van der Waals surface area contributed by atoms with Crippen LogP contribution in [0.1, 0.15) is 36.8 Å². The maximum atomic E-state index is 12.7. The average molecular weight is 279 g/mol. The molecule has 0 saturated heterocycles. The largest absolute Gasteiger partial charge is 0.385 e. The predicted molar refractivity (Wildman–Crippen MR) is 81.2 cm³/mol. The molecule has 112 valence electrons. The molecular formula is C15H25N3O2. The van der Waals surface area contributed by atoms with Gasteiger partial charge in [-0.1, -0.05) is 0 Å². The molecule has 1 rings (SSSR count). The molecule has 1 N–H and O–H groups in total. The molecule has 1 aromatic heterocycles. The molecule has 20 heavy (non-hydrogen) atoms. The SMILES string of the molecule is CCNc1cc(C)ncc1C(=O)N(CCOC)C(C)C. The second-order valence-corrected chi connectivity index (χ2v) is 4.99. The van der Waals surface area contributed by atoms with Crippen LogP contribution in [0.2, 0.25) is 0 Å². The predicted octanol–water partition coefficient (Wildman–Crippen LogP) is 2.32. The number of hydrogen-bond donors (Lipinski definition) is 1. The Morgan fingerprint density at radius 2 is 2.20 bits per heavy atom. The number of nitrogens with zero attached hydrogens (tertiary/aromatic N) is 2. The van der Waals surface area contributed by atoms with Crippen molar-refractivity contribution in [1.29, 1.82) is 0 Å². The molecule has 1 amide bonds. The van der Waals surface area contributed by atoms with Crippen LogP contribution in [-0.2, 0) is 4.74 Å². The Morgan fingerprint density at radius 3 is 2.75 bits per heavy atom. The fourth-order valence-electron chi connectivity index (χ4n) is 2.01. The van der Waals surface area contributed by atoms with Gasteiger partial charge in [0.15, 0.2) is 0 Å². The molecule has 0 radical (unpaired) electrons. The van der Waals surface area contributed by atoms with E-state index in [0.29, 0.717) is 18.7 Å². The number of amides is 1. The maximum Gasteiger partial charge on any atom is 0.257 e. The van der Waals surface area contributed by atoms with Gasteiger partial charge in [0.05, 0.1) is 17.9 Å². The number of methoxy groups -OCH3 is 1. The van der Waals surface area contributed by atoms with Crippen molar-refractivity contribution < 1.29 is 9.53 Å². The number of pyridine rings is 1. The number of nitrogens with one attached hydrogen (secondary N) is 1. The molecule has 0 saturated carbocycles. The lowest BCUT2D eigenvalue weighted by molar-refractivity contribution is 0.0635. The summed E-state index contributed by atoms with van der Waals surface area (Å²) in [6.07, 6.45) is 1.65. The molecule has 0 aliphatic rings. The lowest BCUT2D eigenvalue weighted by Gasteiger charge is -2.27. The van der Waals surface area contributed by atoms with Crippen molar-refractivity contribution in [3.05, 3.63) is 23.5 Å². The van der Waals surface area contributed by atoms with Crippen LogP contribution in [0.5, 0.6) is 0 Å². The zero-order valence-electron chi connectivity index (χ0n) is 13.1. The number of carbonyl (C=O) groups is 1. The van der Waals surface area contributed by atoms with Gasteiger partial charge in [-0.2, -0.15) is 0 Å². The minimum absolute atomic E-state index is 0.0134. The first-order valence-electron chi connectivity index (χ1n) is 7.01. The second-order valence-electron chi connectivity index (χ2n) is 4.99. The van der Waals surface area contributed by atoms with Gasteiger partial charge in [-0.15, -0.1) is 0 Å². The minimum Gasteiger partial charge on any atom is -0.385 e. The standard InChI is InChI=1S/C15H25N3O2/c1-6-16-14-9-12(4)17-10-13(14)15(19)18(11(2)3)7-8-20-5/h9-11H,6-8H2,1-5H3,(H,16,17). The van der Waals surface area contributed by atoms with E-state index < -0.39 is 0 Å². The van der Waals surface area contributed by atoms with Gasteiger partial charge in [0.1, 0.15) is 0 Å². The number of hydrogen-bond acceptors (Lipinski definition) is 4. The van der Waals surface area contributed by atoms with Gasteiger partial charge in [-0.3, -0.25) is 9.78 Å². The normalized spacial score (nSPS) is 10.7. The van der Waals surface area contributed by atoms with E-state index >= 15 is 0 Å². The Balaban J connectivity index is 3.04. The lowest BCUT2D eigenvalue weighted by atomic mass is 10.1. The Kier molecular flexibility index (Phi) is 6.45. The Labute approximate surface area is 121 Å². The summed E-state index contributed by atoms with van der Waals surface area (Å²) < 4.78 is 5.08. The summed E-state index contributed by atoms with van der Waals surface area (Å²) in [5, 5.41) is 3.23. The Hall–Kier alpha value is -1.62. The Bertz CT molecular complexity index is 447. The van der Waals surface area contributed by atoms with Crippen LogP contribution in [0.25, 0.3) is 0 Å². The molecule has 0 aliphatic heterocycles. The molecule has 0 fully saturated rings. The molecule has 0 spiro atoms. The van der Waals surface area contributed by atoms with Gasteiger partial charge in [0.2, 0.25) is 0 Å². The summed E-state index contributed by atoms with van der Waals surface area (Å²) in [5.41, 5.74) is 2.35. The summed E-state index contributed by atoms with van der Waals surface area (Å²) >= 11 is 0. The van der Waals surface area contributed by atoms with E-state index in [2.05, 4.69) is 10.3 Å². The molecule has 0 bridgehead atoms. The van der Waals surface area contributed by atoms with Gasteiger partial charge in [-0.25, -0.2) is 0 Å². The third-order valence-corrected chi connectivity index (χ3v) is 3.06. The second kappa shape index (κ2) is 7.85. The number of aromatic nitrogens is 1. The highest BCUT2D eigenvalue weighted by Crippen LogP contribution is 2.19.